The average molecular weight is 272 g/mol. The van der Waals surface area contributed by atoms with E-state index in [1.807, 2.05) is 0 Å². The fourth-order valence-corrected chi connectivity index (χ4v) is 1.26. The van der Waals surface area contributed by atoms with E-state index in [4.69, 9.17) is 17.2 Å². The number of nitrogens with one attached hydrogen (secondary N) is 2. The van der Waals surface area contributed by atoms with E-state index in [9.17, 15) is 14.4 Å². The maximum Gasteiger partial charge on any atom is 0.243 e. The van der Waals surface area contributed by atoms with Crippen LogP contribution in [0.25, 0.3) is 0 Å². The summed E-state index contributed by atoms with van der Waals surface area (Å²) in [6.07, 6.45) is 1.26. The fourth-order valence-electron chi connectivity index (χ4n) is 1.26. The van der Waals surface area contributed by atoms with Crippen molar-refractivity contribution in [2.45, 2.75) is 31.8 Å². The van der Waals surface area contributed by atoms with Gasteiger partial charge in [-0.25, -0.2) is 0 Å². The molecule has 0 aliphatic heterocycles. The molecule has 0 aliphatic carbocycles. The van der Waals surface area contributed by atoms with Crippen LogP contribution >= 0.6 is 0 Å². The molecular formula is C10H20N6O3. The number of amides is 3. The van der Waals surface area contributed by atoms with Gasteiger partial charge in [-0.3, -0.25) is 19.4 Å². The molecule has 0 saturated carbocycles. The molecule has 9 nitrogen and oxygen atoms in total. The highest BCUT2D eigenvalue weighted by Crippen LogP contribution is 1.98. The van der Waals surface area contributed by atoms with Crippen molar-refractivity contribution in [1.29, 1.82) is 0 Å². The molecule has 0 heterocycles. The van der Waals surface area contributed by atoms with Crippen molar-refractivity contribution in [2.75, 3.05) is 6.54 Å². The van der Waals surface area contributed by atoms with Crippen LogP contribution in [-0.4, -0.2) is 42.8 Å². The molecule has 8 N–H and O–H groups in total. The molecule has 19 heavy (non-hydrogen) atoms. The molecule has 2 atom stereocenters. The first kappa shape index (κ1) is 16.7. The van der Waals surface area contributed by atoms with Crippen LogP contribution < -0.4 is 27.8 Å². The van der Waals surface area contributed by atoms with Crippen molar-refractivity contribution in [3.05, 3.63) is 0 Å². The zero-order chi connectivity index (χ0) is 14.8. The van der Waals surface area contributed by atoms with Gasteiger partial charge in [0.1, 0.15) is 12.1 Å². The monoisotopic (exact) mass is 272 g/mol. The van der Waals surface area contributed by atoms with Crippen molar-refractivity contribution in [2.24, 2.45) is 22.2 Å². The molecule has 0 saturated heterocycles. The quantitative estimate of drug-likeness (QED) is 0.132. The Morgan fingerprint density at radius 2 is 1.95 bits per heavy atom. The Kier molecular flexibility index (Phi) is 7.66. The van der Waals surface area contributed by atoms with Crippen LogP contribution in [0.3, 0.4) is 0 Å². The average Bonchev–Trinajstić information content (AvgIpc) is 2.32. The van der Waals surface area contributed by atoms with E-state index in [1.54, 1.807) is 0 Å². The second-order valence-corrected chi connectivity index (χ2v) is 3.92. The van der Waals surface area contributed by atoms with Gasteiger partial charge in [0.25, 0.3) is 0 Å². The molecule has 0 aliphatic rings. The summed E-state index contributed by atoms with van der Waals surface area (Å²) in [5, 5.41) is 4.75. The number of guanidine groups is 1. The lowest BCUT2D eigenvalue weighted by Crippen LogP contribution is -2.50. The summed E-state index contributed by atoms with van der Waals surface area (Å²) in [4.78, 5) is 36.8. The molecule has 108 valence electrons. The number of carbonyl (C=O) groups is 3. The molecule has 9 heteroatoms. The summed E-state index contributed by atoms with van der Waals surface area (Å²) in [6.45, 7) is 1.80. The van der Waals surface area contributed by atoms with Gasteiger partial charge in [0.2, 0.25) is 18.2 Å². The van der Waals surface area contributed by atoms with Crippen LogP contribution in [-0.2, 0) is 14.4 Å². The van der Waals surface area contributed by atoms with Crippen molar-refractivity contribution in [3.8, 4) is 0 Å². The molecule has 0 radical (unpaired) electrons. The summed E-state index contributed by atoms with van der Waals surface area (Å²) in [5.74, 6) is -1.17. The van der Waals surface area contributed by atoms with Gasteiger partial charge in [0.05, 0.1) is 0 Å². The van der Waals surface area contributed by atoms with Gasteiger partial charge in [-0.15, -0.1) is 0 Å². The van der Waals surface area contributed by atoms with E-state index < -0.39 is 23.9 Å². The summed E-state index contributed by atoms with van der Waals surface area (Å²) in [7, 11) is 0. The second kappa shape index (κ2) is 8.72. The van der Waals surface area contributed by atoms with E-state index in [0.717, 1.165) is 0 Å². The molecule has 0 bridgehead atoms. The molecule has 2 unspecified atom stereocenters. The Bertz CT molecular complexity index is 353. The lowest BCUT2D eigenvalue weighted by Gasteiger charge is -2.17. The minimum atomic E-state index is -0.804. The van der Waals surface area contributed by atoms with E-state index in [-0.39, 0.29) is 5.96 Å². The first-order chi connectivity index (χ1) is 8.88. The summed E-state index contributed by atoms with van der Waals surface area (Å²) in [5.41, 5.74) is 15.3. The predicted molar refractivity (Wildman–Crippen MR) is 69.7 cm³/mol. The lowest BCUT2D eigenvalue weighted by molar-refractivity contribution is -0.129. The van der Waals surface area contributed by atoms with Crippen molar-refractivity contribution in [3.63, 3.8) is 0 Å². The minimum absolute atomic E-state index is 0.0355. The number of primary amides is 1. The van der Waals surface area contributed by atoms with E-state index in [0.29, 0.717) is 25.8 Å². The third-order valence-electron chi connectivity index (χ3n) is 2.32. The Hall–Kier alpha value is -2.32. The number of hydrogen-bond donors (Lipinski definition) is 5. The maximum absolute atomic E-state index is 11.8. The van der Waals surface area contributed by atoms with Gasteiger partial charge < -0.3 is 27.8 Å². The highest BCUT2D eigenvalue weighted by atomic mass is 16.2. The van der Waals surface area contributed by atoms with Gasteiger partial charge in [-0.2, -0.15) is 0 Å². The second-order valence-electron chi connectivity index (χ2n) is 3.92. The normalized spacial score (nSPS) is 12.9. The number of carbonyl (C=O) groups excluding carboxylic acids is 3. The summed E-state index contributed by atoms with van der Waals surface area (Å²) >= 11 is 0. The Morgan fingerprint density at radius 1 is 1.32 bits per heavy atom. The van der Waals surface area contributed by atoms with Gasteiger partial charge in [-0.1, -0.05) is 0 Å². The number of hydrogen-bond acceptors (Lipinski definition) is 4. The third-order valence-corrected chi connectivity index (χ3v) is 2.32. The number of rotatable bonds is 9. The molecular weight excluding hydrogens is 252 g/mol. The van der Waals surface area contributed by atoms with E-state index in [2.05, 4.69) is 15.6 Å². The largest absolute Gasteiger partial charge is 0.370 e. The van der Waals surface area contributed by atoms with Crippen LogP contribution in [0.5, 0.6) is 0 Å². The van der Waals surface area contributed by atoms with Crippen LogP contribution in [0.2, 0.25) is 0 Å². The van der Waals surface area contributed by atoms with Crippen molar-refractivity contribution in [1.82, 2.24) is 10.6 Å². The first-order valence-corrected chi connectivity index (χ1v) is 5.73. The highest BCUT2D eigenvalue weighted by molar-refractivity contribution is 5.89. The lowest BCUT2D eigenvalue weighted by atomic mass is 10.1. The predicted octanol–water partition coefficient (Wildman–Crippen LogP) is -2.86. The van der Waals surface area contributed by atoms with E-state index >= 15 is 0 Å². The van der Waals surface area contributed by atoms with Gasteiger partial charge in [-0.05, 0) is 19.8 Å². The number of aliphatic imine (C=N–C) groups is 1. The van der Waals surface area contributed by atoms with Crippen LogP contribution in [0.15, 0.2) is 4.99 Å². The standard InChI is InChI=1S/C10H20N6O3/c1-6(8(11)18)16-9(19)7(15-5-17)3-2-4-14-10(12)13/h5-7H,2-4H2,1H3,(H2,11,18)(H,15,17)(H,16,19)(H4,12,13,14). The molecule has 0 rings (SSSR count). The highest BCUT2D eigenvalue weighted by Gasteiger charge is 2.20. The molecule has 0 aromatic heterocycles. The van der Waals surface area contributed by atoms with Crippen LogP contribution in [0.1, 0.15) is 19.8 Å². The SMILES string of the molecule is CC(NC(=O)C(CCCN=C(N)N)NC=O)C(N)=O. The van der Waals surface area contributed by atoms with Crippen molar-refractivity contribution < 1.29 is 14.4 Å². The van der Waals surface area contributed by atoms with Gasteiger partial charge >= 0.3 is 0 Å². The Labute approximate surface area is 111 Å². The topological polar surface area (TPSA) is 166 Å². The van der Waals surface area contributed by atoms with Gasteiger partial charge in [0.15, 0.2) is 5.96 Å². The maximum atomic E-state index is 11.8. The molecule has 0 spiro atoms. The summed E-state index contributed by atoms with van der Waals surface area (Å²) < 4.78 is 0. The third kappa shape index (κ3) is 7.58. The summed E-state index contributed by atoms with van der Waals surface area (Å²) in [6, 6.07) is -1.56. The van der Waals surface area contributed by atoms with Gasteiger partial charge in [0, 0.05) is 6.54 Å². The smallest absolute Gasteiger partial charge is 0.243 e. The fraction of sp³-hybridized carbons (Fsp3) is 0.600. The zero-order valence-corrected chi connectivity index (χ0v) is 10.8. The minimum Gasteiger partial charge on any atom is -0.370 e. The van der Waals surface area contributed by atoms with Crippen LogP contribution in [0, 0.1) is 0 Å². The van der Waals surface area contributed by atoms with Crippen molar-refractivity contribution >= 4 is 24.2 Å². The Balaban J connectivity index is 4.30. The molecule has 0 fully saturated rings. The number of nitrogens with zero attached hydrogens (tertiary/aromatic N) is 1. The molecule has 3 amide bonds. The Morgan fingerprint density at radius 3 is 2.42 bits per heavy atom. The van der Waals surface area contributed by atoms with Crippen LogP contribution in [0.4, 0.5) is 0 Å². The van der Waals surface area contributed by atoms with E-state index in [1.165, 1.54) is 6.92 Å². The zero-order valence-electron chi connectivity index (χ0n) is 10.8. The first-order valence-electron chi connectivity index (χ1n) is 5.73. The molecule has 0 aromatic carbocycles. The number of nitrogens with two attached hydrogens (primary N) is 3. The molecule has 0 aromatic rings.